The van der Waals surface area contributed by atoms with E-state index in [1.807, 2.05) is 19.1 Å². The van der Waals surface area contributed by atoms with Gasteiger partial charge in [-0.2, -0.15) is 0 Å². The highest BCUT2D eigenvalue weighted by Crippen LogP contribution is 2.23. The van der Waals surface area contributed by atoms with Crippen molar-refractivity contribution in [2.24, 2.45) is 5.11 Å². The molecule has 0 radical (unpaired) electrons. The first kappa shape index (κ1) is 11.3. The van der Waals surface area contributed by atoms with Crippen molar-refractivity contribution < 1.29 is 4.79 Å². The van der Waals surface area contributed by atoms with Crippen molar-refractivity contribution in [3.63, 3.8) is 0 Å². The van der Waals surface area contributed by atoms with Crippen molar-refractivity contribution in [2.45, 2.75) is 6.92 Å². The molecule has 15 heavy (non-hydrogen) atoms. The number of nitrogens with zero attached hydrogens (tertiary/aromatic N) is 3. The number of rotatable bonds is 3. The fourth-order valence-corrected chi connectivity index (χ4v) is 1.30. The summed E-state index contributed by atoms with van der Waals surface area (Å²) in [6, 6.07) is 7.26. The summed E-state index contributed by atoms with van der Waals surface area (Å²) in [4.78, 5) is 13.1. The molecule has 0 aliphatic carbocycles. The zero-order valence-corrected chi connectivity index (χ0v) is 8.77. The van der Waals surface area contributed by atoms with Crippen LogP contribution < -0.4 is 0 Å². The van der Waals surface area contributed by atoms with Crippen LogP contribution in [0.2, 0.25) is 0 Å². The minimum atomic E-state index is -0.107. The SMILES string of the molecule is Cc1cccc(/C(Cl)=C(\C=O)N=[N+]=[N-])c1. The summed E-state index contributed by atoms with van der Waals surface area (Å²) in [6.07, 6.45) is 0.435. The molecule has 0 heterocycles. The van der Waals surface area contributed by atoms with Crippen LogP contribution in [-0.4, -0.2) is 6.29 Å². The van der Waals surface area contributed by atoms with Crippen LogP contribution in [0.4, 0.5) is 0 Å². The molecule has 0 aliphatic heterocycles. The third kappa shape index (κ3) is 2.84. The summed E-state index contributed by atoms with van der Waals surface area (Å²) in [6.45, 7) is 1.90. The molecule has 76 valence electrons. The Hall–Kier alpha value is -1.77. The molecule has 0 atom stereocenters. The van der Waals surface area contributed by atoms with E-state index in [-0.39, 0.29) is 10.7 Å². The molecular weight excluding hydrogens is 214 g/mol. The third-order valence-electron chi connectivity index (χ3n) is 1.76. The molecule has 0 saturated carbocycles. The Morgan fingerprint density at radius 1 is 1.60 bits per heavy atom. The molecule has 0 N–H and O–H groups in total. The first-order chi connectivity index (χ1) is 7.19. The first-order valence-electron chi connectivity index (χ1n) is 4.16. The lowest BCUT2D eigenvalue weighted by atomic mass is 10.1. The highest BCUT2D eigenvalue weighted by atomic mass is 35.5. The first-order valence-corrected chi connectivity index (χ1v) is 4.54. The maximum atomic E-state index is 10.6. The van der Waals surface area contributed by atoms with E-state index in [9.17, 15) is 4.79 Å². The van der Waals surface area contributed by atoms with Gasteiger partial charge in [-0.1, -0.05) is 46.5 Å². The summed E-state index contributed by atoms with van der Waals surface area (Å²) in [5, 5.41) is 3.37. The van der Waals surface area contributed by atoms with E-state index >= 15 is 0 Å². The lowest BCUT2D eigenvalue weighted by Crippen LogP contribution is -1.86. The predicted molar refractivity (Wildman–Crippen MR) is 59.2 cm³/mol. The van der Waals surface area contributed by atoms with E-state index in [1.165, 1.54) is 0 Å². The van der Waals surface area contributed by atoms with Gasteiger partial charge >= 0.3 is 0 Å². The molecule has 5 heteroatoms. The standard InChI is InChI=1S/C10H8ClN3O/c1-7-3-2-4-8(5-7)10(11)9(6-15)13-14-12/h2-6H,1H3/b10-9-. The number of carbonyl (C=O) groups is 1. The maximum Gasteiger partial charge on any atom is 0.153 e. The predicted octanol–water partition coefficient (Wildman–Crippen LogP) is 3.41. The fraction of sp³-hybridized carbons (Fsp3) is 0.100. The van der Waals surface area contributed by atoms with Gasteiger partial charge in [-0.3, -0.25) is 4.79 Å². The van der Waals surface area contributed by atoms with Crippen LogP contribution in [-0.2, 0) is 4.79 Å². The van der Waals surface area contributed by atoms with Crippen LogP contribution in [0.3, 0.4) is 0 Å². The number of carbonyl (C=O) groups excluding carboxylic acids is 1. The summed E-state index contributed by atoms with van der Waals surface area (Å²) >= 11 is 5.91. The van der Waals surface area contributed by atoms with Crippen molar-refractivity contribution in [3.8, 4) is 0 Å². The van der Waals surface area contributed by atoms with Gasteiger partial charge in [0.2, 0.25) is 0 Å². The summed E-state index contributed by atoms with van der Waals surface area (Å²) in [7, 11) is 0. The molecule has 4 nitrogen and oxygen atoms in total. The zero-order valence-electron chi connectivity index (χ0n) is 8.01. The van der Waals surface area contributed by atoms with Crippen molar-refractivity contribution >= 4 is 22.9 Å². The minimum absolute atomic E-state index is 0.107. The quantitative estimate of drug-likeness (QED) is 0.254. The average Bonchev–Trinajstić information content (AvgIpc) is 2.25. The molecule has 0 aliphatic rings. The molecule has 0 spiro atoms. The number of allylic oxidation sites excluding steroid dienone is 1. The number of azide groups is 1. The van der Waals surface area contributed by atoms with Crippen molar-refractivity contribution in [3.05, 3.63) is 51.5 Å². The molecule has 0 aromatic heterocycles. The topological polar surface area (TPSA) is 65.8 Å². The van der Waals surface area contributed by atoms with Gasteiger partial charge in [0.1, 0.15) is 0 Å². The molecule has 0 bridgehead atoms. The van der Waals surface area contributed by atoms with Crippen molar-refractivity contribution in [1.82, 2.24) is 0 Å². The zero-order chi connectivity index (χ0) is 11.3. The van der Waals surface area contributed by atoms with Gasteiger partial charge in [-0.05, 0) is 18.0 Å². The summed E-state index contributed by atoms with van der Waals surface area (Å²) < 4.78 is 0. The van der Waals surface area contributed by atoms with Crippen LogP contribution in [0.5, 0.6) is 0 Å². The molecule has 1 rings (SSSR count). The molecule has 0 fully saturated rings. The van der Waals surface area contributed by atoms with Gasteiger partial charge in [0.15, 0.2) is 6.29 Å². The van der Waals surface area contributed by atoms with E-state index in [0.717, 1.165) is 5.56 Å². The molecule has 1 aromatic rings. The normalized spacial score (nSPS) is 11.3. The van der Waals surface area contributed by atoms with Gasteiger partial charge in [-0.15, -0.1) is 0 Å². The van der Waals surface area contributed by atoms with E-state index in [4.69, 9.17) is 17.1 Å². The van der Waals surface area contributed by atoms with E-state index in [1.54, 1.807) is 12.1 Å². The Kier molecular flexibility index (Phi) is 3.92. The Morgan fingerprint density at radius 2 is 2.33 bits per heavy atom. The monoisotopic (exact) mass is 221 g/mol. The molecule has 0 amide bonds. The Morgan fingerprint density at radius 3 is 2.87 bits per heavy atom. The van der Waals surface area contributed by atoms with Crippen molar-refractivity contribution in [1.29, 1.82) is 0 Å². The van der Waals surface area contributed by atoms with Crippen LogP contribution in [0.25, 0.3) is 15.5 Å². The molecule has 1 aromatic carbocycles. The van der Waals surface area contributed by atoms with E-state index < -0.39 is 0 Å². The number of hydrogen-bond acceptors (Lipinski definition) is 2. The van der Waals surface area contributed by atoms with Gasteiger partial charge < -0.3 is 0 Å². The second kappa shape index (κ2) is 5.20. The largest absolute Gasteiger partial charge is 0.298 e. The van der Waals surface area contributed by atoms with Crippen LogP contribution in [0, 0.1) is 6.92 Å². The second-order valence-corrected chi connectivity index (χ2v) is 3.25. The van der Waals surface area contributed by atoms with Crippen LogP contribution in [0.1, 0.15) is 11.1 Å². The average molecular weight is 222 g/mol. The maximum absolute atomic E-state index is 10.6. The van der Waals surface area contributed by atoms with Gasteiger partial charge in [0.05, 0.1) is 10.7 Å². The lowest BCUT2D eigenvalue weighted by molar-refractivity contribution is -0.104. The number of benzene rings is 1. The smallest absolute Gasteiger partial charge is 0.153 e. The number of aryl methyl sites for hydroxylation is 1. The van der Waals surface area contributed by atoms with E-state index in [2.05, 4.69) is 10.0 Å². The highest BCUT2D eigenvalue weighted by molar-refractivity contribution is 6.50. The van der Waals surface area contributed by atoms with Crippen LogP contribution >= 0.6 is 11.6 Å². The molecular formula is C10H8ClN3O. The van der Waals surface area contributed by atoms with E-state index in [0.29, 0.717) is 11.8 Å². The van der Waals surface area contributed by atoms with Crippen LogP contribution in [0.15, 0.2) is 35.1 Å². The second-order valence-electron chi connectivity index (χ2n) is 2.88. The Bertz CT molecular complexity index is 461. The Labute approximate surface area is 91.8 Å². The number of aldehydes is 1. The lowest BCUT2D eigenvalue weighted by Gasteiger charge is -2.01. The summed E-state index contributed by atoms with van der Waals surface area (Å²) in [5.74, 6) is 0. The molecule has 0 unspecified atom stereocenters. The Balaban J connectivity index is 3.27. The molecule has 0 saturated heterocycles. The number of halogens is 1. The third-order valence-corrected chi connectivity index (χ3v) is 2.17. The summed E-state index contributed by atoms with van der Waals surface area (Å²) in [5.41, 5.74) is 9.79. The van der Waals surface area contributed by atoms with Gasteiger partial charge in [0, 0.05) is 4.91 Å². The van der Waals surface area contributed by atoms with Gasteiger partial charge in [0.25, 0.3) is 0 Å². The minimum Gasteiger partial charge on any atom is -0.298 e. The van der Waals surface area contributed by atoms with Gasteiger partial charge in [-0.25, -0.2) is 0 Å². The van der Waals surface area contributed by atoms with Crippen molar-refractivity contribution in [2.75, 3.05) is 0 Å². The number of hydrogen-bond donors (Lipinski definition) is 0. The highest BCUT2D eigenvalue weighted by Gasteiger charge is 2.04. The fourth-order valence-electron chi connectivity index (χ4n) is 1.10.